The van der Waals surface area contributed by atoms with E-state index in [1.165, 1.54) is 20.2 Å². The summed E-state index contributed by atoms with van der Waals surface area (Å²) in [5.41, 5.74) is 0.962. The van der Waals surface area contributed by atoms with Crippen LogP contribution in [0.3, 0.4) is 0 Å². The van der Waals surface area contributed by atoms with E-state index in [9.17, 15) is 0 Å². The van der Waals surface area contributed by atoms with Crippen LogP contribution in [0.15, 0.2) is 41.4 Å². The van der Waals surface area contributed by atoms with Crippen molar-refractivity contribution in [3.8, 4) is 11.5 Å². The lowest BCUT2D eigenvalue weighted by Gasteiger charge is -2.07. The van der Waals surface area contributed by atoms with Crippen molar-refractivity contribution < 1.29 is 9.47 Å². The van der Waals surface area contributed by atoms with Gasteiger partial charge in [0.15, 0.2) is 0 Å². The fraction of sp³-hybridized carbons (Fsp3) is 0.167. The topological polar surface area (TPSA) is 31.4 Å². The van der Waals surface area contributed by atoms with Crippen molar-refractivity contribution in [1.29, 1.82) is 0 Å². The summed E-state index contributed by atoms with van der Waals surface area (Å²) in [5.74, 6) is 1.70. The molecular weight excluding hydrogens is 326 g/mol. The van der Waals surface area contributed by atoms with Crippen LogP contribution in [0.25, 0.3) is 31.1 Å². The summed E-state index contributed by atoms with van der Waals surface area (Å²) in [5, 5.41) is 4.68. The molecule has 0 aliphatic heterocycles. The van der Waals surface area contributed by atoms with Crippen LogP contribution < -0.4 is 9.47 Å². The first-order valence-electron chi connectivity index (χ1n) is 7.17. The summed E-state index contributed by atoms with van der Waals surface area (Å²) in [4.78, 5) is 4.83. The van der Waals surface area contributed by atoms with E-state index >= 15 is 0 Å². The Hall–Kier alpha value is -1.98. The number of hydrogen-bond acceptors (Lipinski definition) is 5. The molecule has 0 radical (unpaired) electrons. The summed E-state index contributed by atoms with van der Waals surface area (Å²) in [6.45, 7) is 0. The van der Waals surface area contributed by atoms with Gasteiger partial charge in [0, 0.05) is 26.9 Å². The molecule has 2 aromatic carbocycles. The van der Waals surface area contributed by atoms with Crippen molar-refractivity contribution in [2.24, 2.45) is 0 Å². The molecule has 2 aromatic heterocycles. The largest absolute Gasteiger partial charge is 0.497 e. The highest BCUT2D eigenvalue weighted by Gasteiger charge is 2.15. The predicted octanol–water partition coefficient (Wildman–Crippen LogP) is 5.34. The van der Waals surface area contributed by atoms with Crippen molar-refractivity contribution >= 4 is 54.2 Å². The highest BCUT2D eigenvalue weighted by atomic mass is 32.2. The number of thioether (sulfide) groups is 1. The number of nitrogens with zero attached hydrogens (tertiary/aromatic N) is 1. The van der Waals surface area contributed by atoms with Crippen LogP contribution in [0.4, 0.5) is 0 Å². The molecule has 4 rings (SSSR count). The molecule has 0 saturated heterocycles. The third kappa shape index (κ3) is 2.23. The molecule has 0 saturated carbocycles. The van der Waals surface area contributed by atoms with E-state index in [1.807, 2.05) is 18.2 Å². The van der Waals surface area contributed by atoms with E-state index in [4.69, 9.17) is 14.5 Å². The van der Waals surface area contributed by atoms with Crippen molar-refractivity contribution in [2.75, 3.05) is 20.5 Å². The molecule has 5 heteroatoms. The first kappa shape index (κ1) is 14.6. The third-order valence-electron chi connectivity index (χ3n) is 3.98. The average molecular weight is 341 g/mol. The summed E-state index contributed by atoms with van der Waals surface area (Å²) in [6.07, 6.45) is 2.07. The Bertz CT molecular complexity index is 1040. The molecule has 0 spiro atoms. The number of hydrogen-bond donors (Lipinski definition) is 0. The van der Waals surface area contributed by atoms with Gasteiger partial charge in [-0.25, -0.2) is 4.98 Å². The van der Waals surface area contributed by atoms with E-state index in [2.05, 4.69) is 24.5 Å². The molecule has 116 valence electrons. The highest BCUT2D eigenvalue weighted by molar-refractivity contribution is 7.98. The van der Waals surface area contributed by atoms with Gasteiger partial charge in [-0.2, -0.15) is 0 Å². The molecular formula is C18H15NO2S2. The number of aromatic nitrogens is 1. The second kappa shape index (κ2) is 5.58. The molecule has 0 N–H and O–H groups in total. The van der Waals surface area contributed by atoms with Crippen LogP contribution in [-0.4, -0.2) is 25.5 Å². The summed E-state index contributed by atoms with van der Waals surface area (Å²) < 4.78 is 13.2. The first-order chi connectivity index (χ1) is 11.2. The Labute approximate surface area is 142 Å². The Balaban J connectivity index is 2.21. The average Bonchev–Trinajstić information content (AvgIpc) is 2.99. The van der Waals surface area contributed by atoms with Gasteiger partial charge >= 0.3 is 0 Å². The maximum absolute atomic E-state index is 5.41. The lowest BCUT2D eigenvalue weighted by Crippen LogP contribution is -1.87. The molecule has 0 fully saturated rings. The molecule has 23 heavy (non-hydrogen) atoms. The molecule has 2 heterocycles. The van der Waals surface area contributed by atoms with Crippen molar-refractivity contribution in [3.63, 3.8) is 0 Å². The highest BCUT2D eigenvalue weighted by Crippen LogP contribution is 2.43. The number of thiophene rings is 1. The van der Waals surface area contributed by atoms with Crippen LogP contribution in [0.2, 0.25) is 0 Å². The second-order valence-corrected chi connectivity index (χ2v) is 7.02. The number of fused-ring (bicyclic) bond motifs is 5. The zero-order chi connectivity index (χ0) is 16.0. The Kier molecular flexibility index (Phi) is 3.54. The van der Waals surface area contributed by atoms with Crippen LogP contribution in [0.5, 0.6) is 11.5 Å². The zero-order valence-corrected chi connectivity index (χ0v) is 14.7. The standard InChI is InChI=1S/C18H15NO2S2/c1-20-10-5-7-15-13(8-10)16-12-6-4-11(21-2)9-14(12)19-18(22-3)17(16)23-15/h4-9H,1-3H3. The van der Waals surface area contributed by atoms with Crippen molar-refractivity contribution in [3.05, 3.63) is 36.4 Å². The monoisotopic (exact) mass is 341 g/mol. The van der Waals surface area contributed by atoms with Gasteiger partial charge in [-0.05, 0) is 36.6 Å². The lowest BCUT2D eigenvalue weighted by atomic mass is 10.1. The predicted molar refractivity (Wildman–Crippen MR) is 99.5 cm³/mol. The van der Waals surface area contributed by atoms with E-state index in [0.29, 0.717) is 0 Å². The summed E-state index contributed by atoms with van der Waals surface area (Å²) in [7, 11) is 3.38. The van der Waals surface area contributed by atoms with E-state index in [1.54, 1.807) is 37.3 Å². The maximum atomic E-state index is 5.41. The van der Waals surface area contributed by atoms with Crippen LogP contribution >= 0.6 is 23.1 Å². The van der Waals surface area contributed by atoms with Crippen LogP contribution in [-0.2, 0) is 0 Å². The van der Waals surface area contributed by atoms with E-state index in [-0.39, 0.29) is 0 Å². The SMILES string of the molecule is COc1ccc2c(c1)nc(SC)c1sc3ccc(OC)cc3c12. The summed E-state index contributed by atoms with van der Waals surface area (Å²) >= 11 is 3.47. The fourth-order valence-electron chi connectivity index (χ4n) is 2.86. The minimum Gasteiger partial charge on any atom is -0.497 e. The van der Waals surface area contributed by atoms with Gasteiger partial charge in [0.25, 0.3) is 0 Å². The van der Waals surface area contributed by atoms with Gasteiger partial charge in [-0.1, -0.05) is 0 Å². The van der Waals surface area contributed by atoms with Gasteiger partial charge < -0.3 is 9.47 Å². The lowest BCUT2D eigenvalue weighted by molar-refractivity contribution is 0.415. The zero-order valence-electron chi connectivity index (χ0n) is 13.0. The van der Waals surface area contributed by atoms with Gasteiger partial charge in [-0.15, -0.1) is 23.1 Å². The molecule has 3 nitrogen and oxygen atoms in total. The molecule has 4 aromatic rings. The first-order valence-corrected chi connectivity index (χ1v) is 9.21. The molecule has 0 bridgehead atoms. The maximum Gasteiger partial charge on any atom is 0.121 e. The number of benzene rings is 2. The number of rotatable bonds is 3. The number of methoxy groups -OCH3 is 2. The number of ether oxygens (including phenoxy) is 2. The van der Waals surface area contributed by atoms with E-state index < -0.39 is 0 Å². The molecule has 0 unspecified atom stereocenters. The smallest absolute Gasteiger partial charge is 0.121 e. The van der Waals surface area contributed by atoms with Crippen molar-refractivity contribution in [1.82, 2.24) is 4.98 Å². The normalized spacial score (nSPS) is 11.4. The van der Waals surface area contributed by atoms with Gasteiger partial charge in [0.2, 0.25) is 0 Å². The molecule has 0 atom stereocenters. The Morgan fingerprint density at radius 3 is 2.43 bits per heavy atom. The van der Waals surface area contributed by atoms with Crippen LogP contribution in [0.1, 0.15) is 0 Å². The van der Waals surface area contributed by atoms with Crippen molar-refractivity contribution in [2.45, 2.75) is 5.03 Å². The minimum atomic E-state index is 0.827. The van der Waals surface area contributed by atoms with E-state index in [0.717, 1.165) is 27.4 Å². The second-order valence-electron chi connectivity index (χ2n) is 5.17. The van der Waals surface area contributed by atoms with Gasteiger partial charge in [-0.3, -0.25) is 0 Å². The van der Waals surface area contributed by atoms with Gasteiger partial charge in [0.1, 0.15) is 16.5 Å². The number of pyridine rings is 1. The van der Waals surface area contributed by atoms with Gasteiger partial charge in [0.05, 0.1) is 24.4 Å². The minimum absolute atomic E-state index is 0.827. The Morgan fingerprint density at radius 2 is 1.70 bits per heavy atom. The third-order valence-corrected chi connectivity index (χ3v) is 5.97. The molecule has 0 amide bonds. The fourth-order valence-corrected chi connectivity index (χ4v) is 4.80. The quantitative estimate of drug-likeness (QED) is 0.471. The molecule has 0 aliphatic carbocycles. The Morgan fingerprint density at radius 1 is 0.957 bits per heavy atom. The van der Waals surface area contributed by atoms with Crippen LogP contribution in [0, 0.1) is 0 Å². The molecule has 0 aliphatic rings. The summed E-state index contributed by atoms with van der Waals surface area (Å²) in [6, 6.07) is 12.3.